The van der Waals surface area contributed by atoms with Gasteiger partial charge in [-0.25, -0.2) is 4.79 Å². The first-order chi connectivity index (χ1) is 17.1. The zero-order chi connectivity index (χ0) is 25.9. The minimum atomic E-state index is -5.00. The zero-order valence-electron chi connectivity index (χ0n) is 18.6. The number of alkyl carbamates (subject to hydrolysis) is 1. The molecule has 0 spiro atoms. The van der Waals surface area contributed by atoms with Gasteiger partial charge >= 0.3 is 18.4 Å². The highest BCUT2D eigenvalue weighted by atomic mass is 19.4. The van der Waals surface area contributed by atoms with Gasteiger partial charge in [-0.05, 0) is 34.4 Å². The van der Waals surface area contributed by atoms with Crippen LogP contribution in [0.5, 0.6) is 0 Å². The maximum Gasteiger partial charge on any atom is 0.417 e. The van der Waals surface area contributed by atoms with Crippen LogP contribution in [0.25, 0.3) is 11.1 Å². The third-order valence-corrected chi connectivity index (χ3v) is 5.75. The van der Waals surface area contributed by atoms with Crippen LogP contribution in [0.1, 0.15) is 40.2 Å². The van der Waals surface area contributed by atoms with E-state index in [0.29, 0.717) is 18.2 Å². The Morgan fingerprint density at radius 2 is 1.33 bits per heavy atom. The summed E-state index contributed by atoms with van der Waals surface area (Å²) in [7, 11) is 0. The van der Waals surface area contributed by atoms with Gasteiger partial charge in [0.15, 0.2) is 0 Å². The summed E-state index contributed by atoms with van der Waals surface area (Å²) in [6.45, 7) is -0.0430. The molecule has 0 unspecified atom stereocenters. The minimum Gasteiger partial charge on any atom is -0.449 e. The standard InChI is InChI=1S/C27H19F6NO2/c28-26(29,30)23-13-7-14-24(27(31,32)33)21(23)12-5-6-15-34-25(35)36-16-22-19-10-3-1-8-17(19)18-9-2-4-11-20(18)22/h1-4,7-11,13-14,22H,6,15-16H2,(H,34,35). The molecule has 3 nitrogen and oxygen atoms in total. The van der Waals surface area contributed by atoms with E-state index in [-0.39, 0.29) is 25.5 Å². The van der Waals surface area contributed by atoms with Crippen molar-refractivity contribution in [3.8, 4) is 23.0 Å². The van der Waals surface area contributed by atoms with Crippen LogP contribution in [0.3, 0.4) is 0 Å². The lowest BCUT2D eigenvalue weighted by molar-refractivity contribution is -0.143. The van der Waals surface area contributed by atoms with E-state index in [1.54, 1.807) is 0 Å². The number of nitrogens with one attached hydrogen (secondary N) is 1. The quantitative estimate of drug-likeness (QED) is 0.236. The summed E-state index contributed by atoms with van der Waals surface area (Å²) in [6, 6.07) is 17.4. The summed E-state index contributed by atoms with van der Waals surface area (Å²) in [4.78, 5) is 12.1. The summed E-state index contributed by atoms with van der Waals surface area (Å²) < 4.78 is 84.5. The number of ether oxygens (including phenoxy) is 1. The van der Waals surface area contributed by atoms with E-state index in [1.807, 2.05) is 54.5 Å². The Morgan fingerprint density at radius 3 is 1.86 bits per heavy atom. The van der Waals surface area contributed by atoms with Gasteiger partial charge in [-0.1, -0.05) is 66.4 Å². The molecule has 9 heteroatoms. The summed E-state index contributed by atoms with van der Waals surface area (Å²) in [5.74, 6) is 4.12. The molecule has 0 fully saturated rings. The minimum absolute atomic E-state index is 0.0689. The second-order valence-electron chi connectivity index (χ2n) is 8.03. The SMILES string of the molecule is O=C(NCCC#Cc1c(C(F)(F)F)cccc1C(F)(F)F)OCC1c2ccccc2-c2ccccc21. The lowest BCUT2D eigenvalue weighted by Crippen LogP contribution is -2.26. The molecule has 3 aromatic rings. The molecular formula is C27H19F6NO2. The van der Waals surface area contributed by atoms with Crippen LogP contribution >= 0.6 is 0 Å². The van der Waals surface area contributed by atoms with Crippen molar-refractivity contribution in [2.75, 3.05) is 13.2 Å². The van der Waals surface area contributed by atoms with Gasteiger partial charge in [0.25, 0.3) is 0 Å². The average Bonchev–Trinajstić information content (AvgIpc) is 3.15. The fourth-order valence-corrected chi connectivity index (χ4v) is 4.19. The lowest BCUT2D eigenvalue weighted by atomic mass is 9.98. The normalized spacial score (nSPS) is 12.8. The van der Waals surface area contributed by atoms with Crippen LogP contribution in [0.4, 0.5) is 31.1 Å². The Hall–Kier alpha value is -3.93. The number of amides is 1. The molecule has 1 aliphatic rings. The molecule has 3 aromatic carbocycles. The molecule has 0 radical (unpaired) electrons. The Morgan fingerprint density at radius 1 is 0.806 bits per heavy atom. The number of benzene rings is 3. The Labute approximate surface area is 203 Å². The number of alkyl halides is 6. The van der Waals surface area contributed by atoms with E-state index in [2.05, 4.69) is 11.2 Å². The highest BCUT2D eigenvalue weighted by Gasteiger charge is 2.40. The van der Waals surface area contributed by atoms with E-state index in [1.165, 1.54) is 0 Å². The number of carbonyl (C=O) groups excluding carboxylic acids is 1. The van der Waals surface area contributed by atoms with Gasteiger partial charge in [0.2, 0.25) is 0 Å². The fourth-order valence-electron chi connectivity index (χ4n) is 4.19. The van der Waals surface area contributed by atoms with Gasteiger partial charge in [-0.15, -0.1) is 0 Å². The molecular weight excluding hydrogens is 484 g/mol. The van der Waals surface area contributed by atoms with Crippen LogP contribution < -0.4 is 5.32 Å². The van der Waals surface area contributed by atoms with Crippen molar-refractivity contribution in [2.45, 2.75) is 24.7 Å². The van der Waals surface area contributed by atoms with Crippen molar-refractivity contribution in [3.05, 3.63) is 94.5 Å². The highest BCUT2D eigenvalue weighted by molar-refractivity contribution is 5.79. The third-order valence-electron chi connectivity index (χ3n) is 5.75. The summed E-state index contributed by atoms with van der Waals surface area (Å²) in [5.41, 5.74) is 0.120. The first-order valence-corrected chi connectivity index (χ1v) is 10.9. The number of carbonyl (C=O) groups is 1. The van der Waals surface area contributed by atoms with E-state index >= 15 is 0 Å². The van der Waals surface area contributed by atoms with Crippen LogP contribution in [0.15, 0.2) is 66.7 Å². The lowest BCUT2D eigenvalue weighted by Gasteiger charge is -2.15. The van der Waals surface area contributed by atoms with Crippen molar-refractivity contribution in [3.63, 3.8) is 0 Å². The van der Waals surface area contributed by atoms with Crippen molar-refractivity contribution in [1.82, 2.24) is 5.32 Å². The smallest absolute Gasteiger partial charge is 0.417 e. The highest BCUT2D eigenvalue weighted by Crippen LogP contribution is 2.44. The monoisotopic (exact) mass is 503 g/mol. The molecule has 0 aromatic heterocycles. The predicted molar refractivity (Wildman–Crippen MR) is 121 cm³/mol. The van der Waals surface area contributed by atoms with Gasteiger partial charge < -0.3 is 10.1 Å². The second-order valence-corrected chi connectivity index (χ2v) is 8.03. The first-order valence-electron chi connectivity index (χ1n) is 10.9. The van der Waals surface area contributed by atoms with Crippen molar-refractivity contribution < 1.29 is 35.9 Å². The van der Waals surface area contributed by atoms with Crippen molar-refractivity contribution >= 4 is 6.09 Å². The molecule has 36 heavy (non-hydrogen) atoms. The summed E-state index contributed by atoms with van der Waals surface area (Å²) in [6.07, 6.45) is -10.9. The van der Waals surface area contributed by atoms with E-state index in [4.69, 9.17) is 4.74 Å². The largest absolute Gasteiger partial charge is 0.449 e. The van der Waals surface area contributed by atoms with Crippen LogP contribution in [0.2, 0.25) is 0 Å². The van der Waals surface area contributed by atoms with E-state index < -0.39 is 35.1 Å². The van der Waals surface area contributed by atoms with E-state index in [0.717, 1.165) is 22.3 Å². The maximum absolute atomic E-state index is 13.2. The van der Waals surface area contributed by atoms with Crippen LogP contribution in [-0.2, 0) is 17.1 Å². The molecule has 186 valence electrons. The second kappa shape index (κ2) is 9.97. The number of fused-ring (bicyclic) bond motifs is 3. The average molecular weight is 503 g/mol. The summed E-state index contributed by atoms with van der Waals surface area (Å²) in [5, 5.41) is 2.42. The molecule has 1 amide bonds. The number of halogens is 6. The first kappa shape index (κ1) is 25.2. The van der Waals surface area contributed by atoms with Crippen molar-refractivity contribution in [1.29, 1.82) is 0 Å². The number of rotatable bonds is 4. The Kier molecular flexibility index (Phi) is 6.97. The van der Waals surface area contributed by atoms with Gasteiger partial charge in [0.05, 0.1) is 11.1 Å². The van der Waals surface area contributed by atoms with Gasteiger partial charge in [0.1, 0.15) is 6.61 Å². The summed E-state index contributed by atoms with van der Waals surface area (Å²) >= 11 is 0. The number of hydrogen-bond acceptors (Lipinski definition) is 2. The predicted octanol–water partition coefficient (Wildman–Crippen LogP) is 7.00. The topological polar surface area (TPSA) is 38.3 Å². The Bertz CT molecular complexity index is 1260. The van der Waals surface area contributed by atoms with Gasteiger partial charge in [-0.2, -0.15) is 26.3 Å². The van der Waals surface area contributed by atoms with Gasteiger partial charge in [0, 0.05) is 24.4 Å². The van der Waals surface area contributed by atoms with Crippen LogP contribution in [-0.4, -0.2) is 19.2 Å². The van der Waals surface area contributed by atoms with Crippen LogP contribution in [0, 0.1) is 11.8 Å². The molecule has 0 saturated carbocycles. The molecule has 1 N–H and O–H groups in total. The maximum atomic E-state index is 13.2. The third kappa shape index (κ3) is 5.33. The Balaban J connectivity index is 1.37. The molecule has 4 rings (SSSR count). The fraction of sp³-hybridized carbons (Fsp3) is 0.222. The molecule has 0 atom stereocenters. The molecule has 0 bridgehead atoms. The molecule has 0 saturated heterocycles. The van der Waals surface area contributed by atoms with Gasteiger partial charge in [-0.3, -0.25) is 0 Å². The van der Waals surface area contributed by atoms with Crippen molar-refractivity contribution in [2.24, 2.45) is 0 Å². The van der Waals surface area contributed by atoms with E-state index in [9.17, 15) is 31.1 Å². The molecule has 0 heterocycles. The molecule has 1 aliphatic carbocycles. The number of hydrogen-bond donors (Lipinski definition) is 1. The zero-order valence-corrected chi connectivity index (χ0v) is 18.6. The molecule has 0 aliphatic heterocycles.